The lowest BCUT2D eigenvalue weighted by Gasteiger charge is -2.14. The van der Waals surface area contributed by atoms with E-state index in [4.69, 9.17) is 9.47 Å². The van der Waals surface area contributed by atoms with Crippen LogP contribution in [0.3, 0.4) is 0 Å². The third kappa shape index (κ3) is 5.76. The lowest BCUT2D eigenvalue weighted by atomic mass is 10.2. The van der Waals surface area contributed by atoms with Gasteiger partial charge in [-0.1, -0.05) is 30.3 Å². The summed E-state index contributed by atoms with van der Waals surface area (Å²) in [6, 6.07) is 18.4. The Morgan fingerprint density at radius 1 is 0.971 bits per heavy atom. The van der Waals surface area contributed by atoms with Crippen LogP contribution in [-0.4, -0.2) is 17.1 Å². The Hall–Kier alpha value is -3.79. The van der Waals surface area contributed by atoms with E-state index in [1.807, 2.05) is 49.4 Å². The Morgan fingerprint density at radius 3 is 2.41 bits per heavy atom. The predicted molar refractivity (Wildman–Crippen MR) is 126 cm³/mol. The van der Waals surface area contributed by atoms with Gasteiger partial charge in [-0.25, -0.2) is 4.98 Å². The molecule has 0 bridgehead atoms. The Kier molecular flexibility index (Phi) is 6.87. The third-order valence-corrected chi connectivity index (χ3v) is 5.59. The maximum atomic E-state index is 12.9. The fourth-order valence-corrected chi connectivity index (χ4v) is 3.73. The van der Waals surface area contributed by atoms with Crippen molar-refractivity contribution in [1.29, 1.82) is 0 Å². The molecule has 0 aliphatic heterocycles. The fraction of sp³-hybridized carbons (Fsp3) is 0.167. The molecular formula is C24H21F3N4O2S. The fourth-order valence-electron chi connectivity index (χ4n) is 3.00. The number of rotatable bonds is 8. The van der Waals surface area contributed by atoms with E-state index in [0.29, 0.717) is 23.8 Å². The predicted octanol–water partition coefficient (Wildman–Crippen LogP) is 7.02. The molecule has 2 N–H and O–H groups in total. The van der Waals surface area contributed by atoms with E-state index in [1.165, 1.54) is 0 Å². The van der Waals surface area contributed by atoms with Crippen molar-refractivity contribution in [3.63, 3.8) is 0 Å². The Labute approximate surface area is 198 Å². The standard InChI is InChI=1S/C24H21F3N4O2S/c1-15-5-3-4-6-19(15)33-22-18(29-23-30-20(14-34-23)24(25,26)27)11-12-21(31-22)28-13-16-7-9-17(32-2)10-8-16/h3-12,14H,13H2,1-2H3,(H,28,31)(H,29,30). The largest absolute Gasteiger partial charge is 0.497 e. The Morgan fingerprint density at radius 2 is 1.74 bits per heavy atom. The van der Waals surface area contributed by atoms with Crippen molar-refractivity contribution in [2.24, 2.45) is 0 Å². The zero-order valence-corrected chi connectivity index (χ0v) is 19.1. The number of aromatic nitrogens is 2. The van der Waals surface area contributed by atoms with Crippen LogP contribution in [0.15, 0.2) is 66.0 Å². The van der Waals surface area contributed by atoms with E-state index in [1.54, 1.807) is 25.3 Å². The summed E-state index contributed by atoms with van der Waals surface area (Å²) in [5.74, 6) is 2.10. The van der Waals surface area contributed by atoms with Crippen LogP contribution >= 0.6 is 11.3 Å². The van der Waals surface area contributed by atoms with Gasteiger partial charge in [-0.05, 0) is 48.4 Å². The lowest BCUT2D eigenvalue weighted by molar-refractivity contribution is -0.140. The highest BCUT2D eigenvalue weighted by molar-refractivity contribution is 7.13. The van der Waals surface area contributed by atoms with Gasteiger partial charge < -0.3 is 20.1 Å². The van der Waals surface area contributed by atoms with Crippen molar-refractivity contribution in [1.82, 2.24) is 9.97 Å². The number of anilines is 3. The van der Waals surface area contributed by atoms with Gasteiger partial charge in [-0.15, -0.1) is 11.3 Å². The van der Waals surface area contributed by atoms with Crippen LogP contribution in [0.5, 0.6) is 17.4 Å². The highest BCUT2D eigenvalue weighted by atomic mass is 32.1. The first-order valence-electron chi connectivity index (χ1n) is 10.2. The van der Waals surface area contributed by atoms with E-state index in [0.717, 1.165) is 33.6 Å². The Bertz CT molecular complexity index is 1260. The number of halogens is 3. The molecule has 0 saturated heterocycles. The van der Waals surface area contributed by atoms with Crippen LogP contribution in [0.4, 0.5) is 29.8 Å². The number of pyridine rings is 1. The van der Waals surface area contributed by atoms with Gasteiger partial charge >= 0.3 is 6.18 Å². The molecular weight excluding hydrogens is 465 g/mol. The number of hydrogen-bond acceptors (Lipinski definition) is 7. The molecule has 0 saturated carbocycles. The molecule has 4 rings (SSSR count). The van der Waals surface area contributed by atoms with Crippen molar-refractivity contribution >= 4 is 28.0 Å². The molecule has 2 heterocycles. The molecule has 176 valence electrons. The number of methoxy groups -OCH3 is 1. The molecule has 0 aliphatic carbocycles. The number of para-hydroxylation sites is 1. The molecule has 0 amide bonds. The first-order chi connectivity index (χ1) is 16.3. The smallest absolute Gasteiger partial charge is 0.434 e. The number of thiazole rings is 1. The van der Waals surface area contributed by atoms with E-state index >= 15 is 0 Å². The van der Waals surface area contributed by atoms with Crippen LogP contribution in [0.25, 0.3) is 0 Å². The number of nitrogens with zero attached hydrogens (tertiary/aromatic N) is 2. The maximum absolute atomic E-state index is 12.9. The second-order valence-electron chi connectivity index (χ2n) is 7.28. The SMILES string of the molecule is COc1ccc(CNc2ccc(Nc3nc(C(F)(F)F)cs3)c(Oc3ccccc3C)n2)cc1. The summed E-state index contributed by atoms with van der Waals surface area (Å²) in [7, 11) is 1.61. The number of benzene rings is 2. The summed E-state index contributed by atoms with van der Waals surface area (Å²) < 4.78 is 50.0. The molecule has 0 atom stereocenters. The number of aryl methyl sites for hydroxylation is 1. The summed E-state index contributed by atoms with van der Waals surface area (Å²) in [6.07, 6.45) is -4.51. The van der Waals surface area contributed by atoms with Crippen LogP contribution in [-0.2, 0) is 12.7 Å². The summed E-state index contributed by atoms with van der Waals surface area (Å²) in [5, 5.41) is 7.18. The molecule has 2 aromatic carbocycles. The van der Waals surface area contributed by atoms with Gasteiger partial charge in [0.25, 0.3) is 0 Å². The van der Waals surface area contributed by atoms with E-state index < -0.39 is 11.9 Å². The van der Waals surface area contributed by atoms with Gasteiger partial charge in [0.05, 0.1) is 7.11 Å². The quantitative estimate of drug-likeness (QED) is 0.279. The summed E-state index contributed by atoms with van der Waals surface area (Å²) >= 11 is 0.853. The minimum absolute atomic E-state index is 0.0858. The van der Waals surface area contributed by atoms with E-state index in [2.05, 4.69) is 20.6 Å². The lowest BCUT2D eigenvalue weighted by Crippen LogP contribution is -2.06. The first kappa shape index (κ1) is 23.4. The average molecular weight is 487 g/mol. The van der Waals surface area contributed by atoms with Crippen LogP contribution < -0.4 is 20.1 Å². The van der Waals surface area contributed by atoms with Crippen molar-refractivity contribution in [3.8, 4) is 17.4 Å². The van der Waals surface area contributed by atoms with Crippen molar-refractivity contribution < 1.29 is 22.6 Å². The molecule has 0 radical (unpaired) electrons. The maximum Gasteiger partial charge on any atom is 0.434 e. The van der Waals surface area contributed by atoms with Crippen molar-refractivity contribution in [2.45, 2.75) is 19.6 Å². The summed E-state index contributed by atoms with van der Waals surface area (Å²) in [6.45, 7) is 2.40. The molecule has 0 spiro atoms. The molecule has 4 aromatic rings. The third-order valence-electron chi connectivity index (χ3n) is 4.83. The van der Waals surface area contributed by atoms with Crippen LogP contribution in [0, 0.1) is 6.92 Å². The number of hydrogen-bond donors (Lipinski definition) is 2. The molecule has 34 heavy (non-hydrogen) atoms. The van der Waals surface area contributed by atoms with Gasteiger partial charge in [0, 0.05) is 11.9 Å². The number of nitrogens with one attached hydrogen (secondary N) is 2. The highest BCUT2D eigenvalue weighted by Crippen LogP contribution is 2.36. The Balaban J connectivity index is 1.58. The van der Waals surface area contributed by atoms with Crippen LogP contribution in [0.1, 0.15) is 16.8 Å². The molecule has 2 aromatic heterocycles. The van der Waals surface area contributed by atoms with Crippen molar-refractivity contribution in [3.05, 3.63) is 82.9 Å². The van der Waals surface area contributed by atoms with Gasteiger partial charge in [-0.2, -0.15) is 18.2 Å². The van der Waals surface area contributed by atoms with Crippen molar-refractivity contribution in [2.75, 3.05) is 17.7 Å². The number of alkyl halides is 3. The van der Waals surface area contributed by atoms with Crippen LogP contribution in [0.2, 0.25) is 0 Å². The molecule has 0 aliphatic rings. The molecule has 0 unspecified atom stereocenters. The second kappa shape index (κ2) is 10.0. The summed E-state index contributed by atoms with van der Waals surface area (Å²) in [4.78, 5) is 8.17. The number of ether oxygens (including phenoxy) is 2. The first-order valence-corrected chi connectivity index (χ1v) is 11.1. The topological polar surface area (TPSA) is 68.3 Å². The van der Waals surface area contributed by atoms with Gasteiger partial charge in [0.15, 0.2) is 10.8 Å². The second-order valence-corrected chi connectivity index (χ2v) is 8.14. The average Bonchev–Trinajstić information content (AvgIpc) is 3.30. The minimum atomic E-state index is -4.51. The van der Waals surface area contributed by atoms with E-state index in [-0.39, 0.29) is 11.0 Å². The van der Waals surface area contributed by atoms with Gasteiger partial charge in [-0.3, -0.25) is 0 Å². The summed E-state index contributed by atoms with van der Waals surface area (Å²) in [5.41, 5.74) is 1.35. The van der Waals surface area contributed by atoms with E-state index in [9.17, 15) is 13.2 Å². The monoisotopic (exact) mass is 486 g/mol. The zero-order chi connectivity index (χ0) is 24.1. The molecule has 6 nitrogen and oxygen atoms in total. The minimum Gasteiger partial charge on any atom is -0.497 e. The molecule has 0 fully saturated rings. The molecule has 10 heteroatoms. The highest BCUT2D eigenvalue weighted by Gasteiger charge is 2.33. The van der Waals surface area contributed by atoms with Gasteiger partial charge in [0.1, 0.15) is 23.0 Å². The van der Waals surface area contributed by atoms with Gasteiger partial charge in [0.2, 0.25) is 5.88 Å². The zero-order valence-electron chi connectivity index (χ0n) is 18.3. The normalized spacial score (nSPS) is 11.2.